The first-order valence-corrected chi connectivity index (χ1v) is 13.8. The number of nitrogens with two attached hydrogens (primary N) is 1. The van der Waals surface area contributed by atoms with Crippen molar-refractivity contribution in [1.82, 2.24) is 0 Å². The van der Waals surface area contributed by atoms with Crippen LogP contribution < -0.4 is 5.73 Å². The van der Waals surface area contributed by atoms with Crippen LogP contribution in [-0.4, -0.2) is 24.9 Å². The van der Waals surface area contributed by atoms with Crippen LogP contribution in [-0.2, 0) is 14.3 Å². The van der Waals surface area contributed by atoms with Crippen molar-refractivity contribution in [3.63, 3.8) is 0 Å². The maximum Gasteiger partial charge on any atom is 0.308 e. The number of methoxy groups -OCH3 is 1. The third-order valence-corrected chi connectivity index (χ3v) is 12.9. The van der Waals surface area contributed by atoms with E-state index in [2.05, 4.69) is 47.6 Å². The monoisotopic (exact) mass is 469 g/mol. The van der Waals surface area contributed by atoms with E-state index in [9.17, 15) is 9.59 Å². The Morgan fingerprint density at radius 1 is 0.971 bits per heavy atom. The molecule has 5 aliphatic carbocycles. The van der Waals surface area contributed by atoms with Gasteiger partial charge in [0.2, 0.25) is 0 Å². The average Bonchev–Trinajstić information content (AvgIpc) is 2.77. The highest BCUT2D eigenvalue weighted by molar-refractivity contribution is 5.95. The van der Waals surface area contributed by atoms with Gasteiger partial charge in [0.1, 0.15) is 0 Å². The van der Waals surface area contributed by atoms with Crippen LogP contribution in [0, 0.1) is 50.7 Å². The maximum absolute atomic E-state index is 14.2. The predicted molar refractivity (Wildman–Crippen MR) is 135 cm³/mol. The lowest BCUT2D eigenvalue weighted by atomic mass is 9.33. The molecule has 4 saturated carbocycles. The van der Waals surface area contributed by atoms with Crippen molar-refractivity contribution in [3.8, 4) is 0 Å². The molecular weight excluding hydrogens is 422 g/mol. The summed E-state index contributed by atoms with van der Waals surface area (Å²) < 4.78 is 5.16. The van der Waals surface area contributed by atoms with Crippen molar-refractivity contribution in [1.29, 1.82) is 0 Å². The van der Waals surface area contributed by atoms with Crippen molar-refractivity contribution in [2.75, 3.05) is 7.11 Å². The summed E-state index contributed by atoms with van der Waals surface area (Å²) in [6.45, 7) is 14.5. The lowest BCUT2D eigenvalue weighted by molar-refractivity contribution is -0.186. The summed E-state index contributed by atoms with van der Waals surface area (Å²) in [5.41, 5.74) is 8.21. The van der Waals surface area contributed by atoms with E-state index in [-0.39, 0.29) is 50.9 Å². The second-order valence-electron chi connectivity index (χ2n) is 14.4. The van der Waals surface area contributed by atoms with Gasteiger partial charge in [-0.05, 0) is 103 Å². The predicted octanol–water partition coefficient (Wildman–Crippen LogP) is 6.08. The molecule has 0 saturated heterocycles. The first-order chi connectivity index (χ1) is 15.7. The zero-order valence-corrected chi connectivity index (χ0v) is 22.6. The van der Waals surface area contributed by atoms with E-state index in [0.29, 0.717) is 17.6 Å². The highest BCUT2D eigenvalue weighted by Gasteiger charge is 2.69. The summed E-state index contributed by atoms with van der Waals surface area (Å²) in [4.78, 5) is 26.7. The second kappa shape index (κ2) is 7.43. The molecule has 5 aliphatic rings. The molecule has 4 heteroatoms. The summed E-state index contributed by atoms with van der Waals surface area (Å²) >= 11 is 0. The number of rotatable bonds is 1. The van der Waals surface area contributed by atoms with Crippen LogP contribution in [0.4, 0.5) is 0 Å². The normalized spacial score (nSPS) is 51.8. The SMILES string of the molecule is COC(=O)[C@H]1CC[C@]2(C)CC[C@]3(C)C(=CC(=O)[C@@H]4[C@@]5(C)CCC(N)C(C)(C)[C@@H]5CC[C@]43C)[C@H]2C1. The molecule has 190 valence electrons. The zero-order valence-electron chi connectivity index (χ0n) is 22.6. The third-order valence-electron chi connectivity index (χ3n) is 12.9. The number of esters is 1. The van der Waals surface area contributed by atoms with Crippen molar-refractivity contribution in [2.24, 2.45) is 56.5 Å². The number of ether oxygens (including phenoxy) is 1. The van der Waals surface area contributed by atoms with Gasteiger partial charge in [0.05, 0.1) is 13.0 Å². The molecule has 0 radical (unpaired) electrons. The smallest absolute Gasteiger partial charge is 0.308 e. The molecule has 4 fully saturated rings. The van der Waals surface area contributed by atoms with Crippen LogP contribution in [0.1, 0.15) is 99.3 Å². The summed E-state index contributed by atoms with van der Waals surface area (Å²) in [6, 6.07) is 0.211. The molecule has 0 bridgehead atoms. The molecule has 0 amide bonds. The average molecular weight is 470 g/mol. The van der Waals surface area contributed by atoms with Gasteiger partial charge in [0.15, 0.2) is 5.78 Å². The van der Waals surface area contributed by atoms with E-state index in [1.165, 1.54) is 19.1 Å². The van der Waals surface area contributed by atoms with Crippen molar-refractivity contribution in [3.05, 3.63) is 11.6 Å². The van der Waals surface area contributed by atoms with Gasteiger partial charge in [-0.15, -0.1) is 0 Å². The molecule has 0 spiro atoms. The topological polar surface area (TPSA) is 69.4 Å². The molecule has 0 aromatic rings. The van der Waals surface area contributed by atoms with Crippen LogP contribution >= 0.6 is 0 Å². The Morgan fingerprint density at radius 2 is 1.68 bits per heavy atom. The van der Waals surface area contributed by atoms with Gasteiger partial charge in [-0.3, -0.25) is 9.59 Å². The molecule has 1 unspecified atom stereocenters. The Kier molecular flexibility index (Phi) is 5.36. The third kappa shape index (κ3) is 2.93. The quantitative estimate of drug-likeness (QED) is 0.473. The number of carbonyl (C=O) groups excluding carboxylic acids is 2. The van der Waals surface area contributed by atoms with Crippen LogP contribution in [0.15, 0.2) is 11.6 Å². The zero-order chi connectivity index (χ0) is 24.9. The Balaban J connectivity index is 1.59. The van der Waals surface area contributed by atoms with Gasteiger partial charge in [-0.1, -0.05) is 47.1 Å². The Hall–Kier alpha value is -1.16. The number of allylic oxidation sites excluding steroid dienone is 2. The fraction of sp³-hybridized carbons (Fsp3) is 0.867. The fourth-order valence-electron chi connectivity index (χ4n) is 10.4. The minimum Gasteiger partial charge on any atom is -0.469 e. The van der Waals surface area contributed by atoms with Gasteiger partial charge < -0.3 is 10.5 Å². The van der Waals surface area contributed by atoms with E-state index < -0.39 is 0 Å². The highest BCUT2D eigenvalue weighted by Crippen LogP contribution is 2.74. The molecular formula is C30H47NO3. The summed E-state index contributed by atoms with van der Waals surface area (Å²) in [5, 5.41) is 0. The molecule has 34 heavy (non-hydrogen) atoms. The van der Waals surface area contributed by atoms with Crippen LogP contribution in [0.2, 0.25) is 0 Å². The standard InChI is InChI=1S/C30H47NO3/c1-26(2)22-9-13-30(6)24(28(22,4)12-10-23(26)31)21(32)17-20-19-16-18(25(33)34-7)8-11-27(19,3)14-15-29(20,30)5/h17-19,22-24H,8-16,31H2,1-7H3/t18-,19+,22-,23?,24+,27+,28-,29+,30+/m0/s1. The lowest BCUT2D eigenvalue weighted by Crippen LogP contribution is -2.67. The molecule has 2 N–H and O–H groups in total. The van der Waals surface area contributed by atoms with Crippen LogP contribution in [0.25, 0.3) is 0 Å². The molecule has 0 aromatic heterocycles. The summed E-state index contributed by atoms with van der Waals surface area (Å²) in [5.74, 6) is 1.08. The van der Waals surface area contributed by atoms with E-state index in [1.807, 2.05) is 0 Å². The van der Waals surface area contributed by atoms with Gasteiger partial charge in [0.25, 0.3) is 0 Å². The lowest BCUT2D eigenvalue weighted by Gasteiger charge is -2.70. The molecule has 9 atom stereocenters. The van der Waals surface area contributed by atoms with Crippen molar-refractivity contribution >= 4 is 11.8 Å². The van der Waals surface area contributed by atoms with Crippen molar-refractivity contribution < 1.29 is 14.3 Å². The molecule has 0 aromatic carbocycles. The summed E-state index contributed by atoms with van der Waals surface area (Å²) in [6.07, 6.45) is 11.5. The number of hydrogen-bond acceptors (Lipinski definition) is 4. The van der Waals surface area contributed by atoms with E-state index in [1.54, 1.807) is 0 Å². The number of hydrogen-bond donors (Lipinski definition) is 1. The van der Waals surface area contributed by atoms with Crippen molar-refractivity contribution in [2.45, 2.75) is 105 Å². The minimum atomic E-state index is -0.0741. The van der Waals surface area contributed by atoms with Gasteiger partial charge in [-0.2, -0.15) is 0 Å². The Bertz CT molecular complexity index is 937. The van der Waals surface area contributed by atoms with Crippen LogP contribution in [0.5, 0.6) is 0 Å². The van der Waals surface area contributed by atoms with Gasteiger partial charge >= 0.3 is 5.97 Å². The number of carbonyl (C=O) groups is 2. The Morgan fingerprint density at radius 3 is 2.35 bits per heavy atom. The summed E-state index contributed by atoms with van der Waals surface area (Å²) in [7, 11) is 1.51. The molecule has 4 nitrogen and oxygen atoms in total. The van der Waals surface area contributed by atoms with E-state index >= 15 is 0 Å². The van der Waals surface area contributed by atoms with Gasteiger partial charge in [0, 0.05) is 12.0 Å². The molecule has 5 rings (SSSR count). The van der Waals surface area contributed by atoms with Crippen LogP contribution in [0.3, 0.4) is 0 Å². The second-order valence-corrected chi connectivity index (χ2v) is 14.4. The minimum absolute atomic E-state index is 0.00361. The number of ketones is 1. The first-order valence-electron chi connectivity index (χ1n) is 13.8. The van der Waals surface area contributed by atoms with E-state index in [4.69, 9.17) is 10.5 Å². The highest BCUT2D eigenvalue weighted by atomic mass is 16.5. The van der Waals surface area contributed by atoms with E-state index in [0.717, 1.165) is 51.4 Å². The first kappa shape index (κ1) is 24.5. The number of fused-ring (bicyclic) bond motifs is 7. The fourth-order valence-corrected chi connectivity index (χ4v) is 10.4. The largest absolute Gasteiger partial charge is 0.469 e. The van der Waals surface area contributed by atoms with Gasteiger partial charge in [-0.25, -0.2) is 0 Å². The molecule has 0 aliphatic heterocycles. The maximum atomic E-state index is 14.2. The molecule has 0 heterocycles. The Labute approximate surface area is 206 Å².